The maximum atomic E-state index is 5.60. The number of likely N-dealkylation sites (N-methyl/N-ethyl adjacent to an activating group) is 1. The van der Waals surface area contributed by atoms with Crippen LogP contribution in [0.2, 0.25) is 0 Å². The van der Waals surface area contributed by atoms with Crippen molar-refractivity contribution in [3.05, 3.63) is 29.8 Å². The zero-order chi connectivity index (χ0) is 19.4. The van der Waals surface area contributed by atoms with Crippen LogP contribution >= 0.6 is 0 Å². The Morgan fingerprint density at radius 3 is 2.54 bits per heavy atom. The quantitative estimate of drug-likeness (QED) is 0.359. The summed E-state index contributed by atoms with van der Waals surface area (Å²) in [5.41, 5.74) is 1.16. The van der Waals surface area contributed by atoms with Crippen molar-refractivity contribution in [2.75, 3.05) is 54.6 Å². The van der Waals surface area contributed by atoms with E-state index in [1.165, 1.54) is 0 Å². The molecule has 1 aromatic rings. The number of benzene rings is 1. The van der Waals surface area contributed by atoms with Crippen molar-refractivity contribution >= 4 is 5.96 Å². The van der Waals surface area contributed by atoms with Crippen LogP contribution in [0.25, 0.3) is 0 Å². The Labute approximate surface area is 159 Å². The molecule has 0 aromatic heterocycles. The number of rotatable bonds is 11. The van der Waals surface area contributed by atoms with Crippen molar-refractivity contribution in [3.8, 4) is 5.75 Å². The highest BCUT2D eigenvalue weighted by Gasteiger charge is 2.18. The van der Waals surface area contributed by atoms with E-state index in [-0.39, 0.29) is 6.04 Å². The molecular formula is C20H36N4O2. The van der Waals surface area contributed by atoms with E-state index < -0.39 is 0 Å². The molecule has 1 rings (SSSR count). The van der Waals surface area contributed by atoms with Crippen molar-refractivity contribution < 1.29 is 9.47 Å². The van der Waals surface area contributed by atoms with Crippen molar-refractivity contribution in [3.63, 3.8) is 0 Å². The van der Waals surface area contributed by atoms with Crippen molar-refractivity contribution in [2.45, 2.75) is 26.3 Å². The van der Waals surface area contributed by atoms with Gasteiger partial charge in [0.1, 0.15) is 5.75 Å². The zero-order valence-corrected chi connectivity index (χ0v) is 17.2. The molecule has 2 N–H and O–H groups in total. The third kappa shape index (κ3) is 8.06. The molecule has 0 saturated heterocycles. The van der Waals surface area contributed by atoms with Gasteiger partial charge in [-0.15, -0.1) is 0 Å². The van der Waals surface area contributed by atoms with Gasteiger partial charge in [-0.2, -0.15) is 0 Å². The zero-order valence-electron chi connectivity index (χ0n) is 17.2. The predicted molar refractivity (Wildman–Crippen MR) is 109 cm³/mol. The number of hydrogen-bond acceptors (Lipinski definition) is 4. The van der Waals surface area contributed by atoms with Crippen LogP contribution < -0.4 is 15.4 Å². The lowest BCUT2D eigenvalue weighted by Crippen LogP contribution is -2.42. The molecule has 6 nitrogen and oxygen atoms in total. The topological polar surface area (TPSA) is 58.1 Å². The molecule has 0 bridgehead atoms. The molecule has 0 aliphatic carbocycles. The van der Waals surface area contributed by atoms with Gasteiger partial charge in [-0.1, -0.05) is 32.0 Å². The molecule has 0 heterocycles. The summed E-state index contributed by atoms with van der Waals surface area (Å²) in [6.07, 6.45) is 0.955. The minimum absolute atomic E-state index is 0.180. The molecule has 0 aliphatic heterocycles. The van der Waals surface area contributed by atoms with Crippen LogP contribution in [0.15, 0.2) is 29.3 Å². The van der Waals surface area contributed by atoms with Crippen LogP contribution in [0.5, 0.6) is 5.75 Å². The maximum absolute atomic E-state index is 5.60. The summed E-state index contributed by atoms with van der Waals surface area (Å²) in [6, 6.07) is 8.31. The van der Waals surface area contributed by atoms with Gasteiger partial charge in [-0.05, 0) is 32.5 Å². The second-order valence-corrected chi connectivity index (χ2v) is 6.92. The standard InChI is InChI=1S/C20H36N4O2/c1-16(2)15-26-13-9-12-22-20(21-3)23-14-18(24(4)5)17-10-7-8-11-19(17)25-6/h7-8,10-11,16,18H,9,12-15H2,1-6H3,(H2,21,22,23). The van der Waals surface area contributed by atoms with E-state index in [0.29, 0.717) is 5.92 Å². The number of nitrogens with one attached hydrogen (secondary N) is 2. The number of ether oxygens (including phenoxy) is 2. The summed E-state index contributed by atoms with van der Waals surface area (Å²) >= 11 is 0. The average molecular weight is 365 g/mol. The molecular weight excluding hydrogens is 328 g/mol. The predicted octanol–water partition coefficient (Wildman–Crippen LogP) is 2.53. The molecule has 148 valence electrons. The molecule has 0 fully saturated rings. The monoisotopic (exact) mass is 364 g/mol. The number of guanidine groups is 1. The molecule has 0 amide bonds. The van der Waals surface area contributed by atoms with Crippen LogP contribution in [0.1, 0.15) is 31.9 Å². The Balaban J connectivity index is 2.49. The van der Waals surface area contributed by atoms with Gasteiger partial charge in [-0.3, -0.25) is 4.99 Å². The van der Waals surface area contributed by atoms with E-state index in [9.17, 15) is 0 Å². The van der Waals surface area contributed by atoms with E-state index in [1.54, 1.807) is 14.2 Å². The fourth-order valence-corrected chi connectivity index (χ4v) is 2.63. The van der Waals surface area contributed by atoms with Crippen LogP contribution in [0, 0.1) is 5.92 Å². The van der Waals surface area contributed by atoms with E-state index in [0.717, 1.165) is 50.0 Å². The molecule has 0 saturated carbocycles. The lowest BCUT2D eigenvalue weighted by atomic mass is 10.0. The third-order valence-electron chi connectivity index (χ3n) is 4.02. The highest BCUT2D eigenvalue weighted by molar-refractivity contribution is 5.79. The first-order chi connectivity index (χ1) is 12.5. The van der Waals surface area contributed by atoms with Crippen LogP contribution in [-0.4, -0.2) is 65.4 Å². The lowest BCUT2D eigenvalue weighted by Gasteiger charge is -2.27. The van der Waals surface area contributed by atoms with Gasteiger partial charge in [0.2, 0.25) is 0 Å². The molecule has 26 heavy (non-hydrogen) atoms. The molecule has 6 heteroatoms. The number of para-hydroxylation sites is 1. The van der Waals surface area contributed by atoms with Crippen molar-refractivity contribution in [1.29, 1.82) is 0 Å². The second kappa shape index (κ2) is 12.5. The minimum atomic E-state index is 0.180. The first-order valence-corrected chi connectivity index (χ1v) is 9.31. The van der Waals surface area contributed by atoms with Crippen molar-refractivity contribution in [2.24, 2.45) is 10.9 Å². The Bertz CT molecular complexity index is 532. The molecule has 0 aliphatic rings. The fraction of sp³-hybridized carbons (Fsp3) is 0.650. The van der Waals surface area contributed by atoms with Crippen LogP contribution in [0.3, 0.4) is 0 Å². The Morgan fingerprint density at radius 2 is 1.92 bits per heavy atom. The Morgan fingerprint density at radius 1 is 1.19 bits per heavy atom. The molecule has 0 radical (unpaired) electrons. The van der Waals surface area contributed by atoms with Gasteiger partial charge in [-0.25, -0.2) is 0 Å². The van der Waals surface area contributed by atoms with Gasteiger partial charge in [0.25, 0.3) is 0 Å². The SMILES string of the molecule is CN=C(NCCCOCC(C)C)NCC(c1ccccc1OC)N(C)C. The fourth-order valence-electron chi connectivity index (χ4n) is 2.63. The average Bonchev–Trinajstić information content (AvgIpc) is 2.62. The van der Waals surface area contributed by atoms with Gasteiger partial charge < -0.3 is 25.0 Å². The smallest absolute Gasteiger partial charge is 0.191 e. The summed E-state index contributed by atoms with van der Waals surface area (Å²) in [5, 5.41) is 6.75. The maximum Gasteiger partial charge on any atom is 0.191 e. The van der Waals surface area contributed by atoms with Gasteiger partial charge in [0.05, 0.1) is 13.2 Å². The summed E-state index contributed by atoms with van der Waals surface area (Å²) in [7, 11) is 7.64. The van der Waals surface area contributed by atoms with Gasteiger partial charge in [0.15, 0.2) is 5.96 Å². The van der Waals surface area contributed by atoms with Crippen LogP contribution in [0.4, 0.5) is 0 Å². The first kappa shape index (κ1) is 22.3. The summed E-state index contributed by atoms with van der Waals surface area (Å²) < 4.78 is 11.1. The lowest BCUT2D eigenvalue weighted by molar-refractivity contribution is 0.108. The first-order valence-electron chi connectivity index (χ1n) is 9.31. The number of hydrogen-bond donors (Lipinski definition) is 2. The van der Waals surface area contributed by atoms with Gasteiger partial charge >= 0.3 is 0 Å². The highest BCUT2D eigenvalue weighted by Crippen LogP contribution is 2.27. The summed E-state index contributed by atoms with van der Waals surface area (Å²) in [6.45, 7) is 7.47. The molecule has 1 atom stereocenters. The summed E-state index contributed by atoms with van der Waals surface area (Å²) in [5.74, 6) is 2.28. The highest BCUT2D eigenvalue weighted by atomic mass is 16.5. The number of aliphatic imine (C=N–C) groups is 1. The summed E-state index contributed by atoms with van der Waals surface area (Å²) in [4.78, 5) is 6.48. The number of nitrogens with zero attached hydrogens (tertiary/aromatic N) is 2. The molecule has 1 unspecified atom stereocenters. The second-order valence-electron chi connectivity index (χ2n) is 6.92. The van der Waals surface area contributed by atoms with E-state index in [2.05, 4.69) is 54.5 Å². The Kier molecular flexibility index (Phi) is 10.7. The van der Waals surface area contributed by atoms with Gasteiger partial charge in [0, 0.05) is 38.9 Å². The number of methoxy groups -OCH3 is 1. The van der Waals surface area contributed by atoms with Crippen LogP contribution in [-0.2, 0) is 4.74 Å². The third-order valence-corrected chi connectivity index (χ3v) is 4.02. The van der Waals surface area contributed by atoms with E-state index in [1.807, 2.05) is 18.2 Å². The van der Waals surface area contributed by atoms with Crippen molar-refractivity contribution in [1.82, 2.24) is 15.5 Å². The van der Waals surface area contributed by atoms with E-state index >= 15 is 0 Å². The normalized spacial score (nSPS) is 13.2. The largest absolute Gasteiger partial charge is 0.496 e. The Hall–Kier alpha value is -1.79. The molecule has 0 spiro atoms. The molecule has 1 aromatic carbocycles. The minimum Gasteiger partial charge on any atom is -0.496 e. The van der Waals surface area contributed by atoms with E-state index in [4.69, 9.17) is 9.47 Å².